The van der Waals surface area contributed by atoms with Gasteiger partial charge >= 0.3 is 0 Å². The summed E-state index contributed by atoms with van der Waals surface area (Å²) in [5.74, 6) is 1.03. The lowest BCUT2D eigenvalue weighted by molar-refractivity contribution is 0.896. The number of rotatable bonds is 6. The van der Waals surface area contributed by atoms with Crippen LogP contribution in [-0.2, 0) is 0 Å². The Morgan fingerprint density at radius 2 is 1.24 bits per heavy atom. The Bertz CT molecular complexity index is 568. The first-order valence-electron chi connectivity index (χ1n) is 6.09. The van der Waals surface area contributed by atoms with Crippen LogP contribution in [0.1, 0.15) is 6.42 Å². The van der Waals surface area contributed by atoms with Gasteiger partial charge in [0, 0.05) is 13.1 Å². The average Bonchev–Trinajstić information content (AvgIpc) is 2.47. The quantitative estimate of drug-likeness (QED) is 0.465. The zero-order chi connectivity index (χ0) is 15.2. The summed E-state index contributed by atoms with van der Waals surface area (Å²) in [6, 6.07) is 0. The van der Waals surface area contributed by atoms with Crippen molar-refractivity contribution >= 4 is 46.2 Å². The Kier molecular flexibility index (Phi) is 5.18. The van der Waals surface area contributed by atoms with E-state index in [0.717, 1.165) is 6.42 Å². The summed E-state index contributed by atoms with van der Waals surface area (Å²) in [5, 5.41) is 6.61. The minimum atomic E-state index is 0.231. The molecule has 2 aromatic heterocycles. The second-order valence-corrected chi connectivity index (χ2v) is 4.78. The largest absolute Gasteiger partial charge is 0.393 e. The summed E-state index contributed by atoms with van der Waals surface area (Å²) in [6.07, 6.45) is 3.48. The third-order valence-electron chi connectivity index (χ3n) is 2.61. The van der Waals surface area contributed by atoms with Crippen molar-refractivity contribution in [2.24, 2.45) is 0 Å². The molecule has 2 heterocycles. The van der Waals surface area contributed by atoms with Crippen LogP contribution in [0.2, 0.25) is 10.3 Å². The number of hydrogen-bond donors (Lipinski definition) is 4. The summed E-state index contributed by atoms with van der Waals surface area (Å²) in [7, 11) is 0. The van der Waals surface area contributed by atoms with Crippen LogP contribution in [0.15, 0.2) is 12.7 Å². The molecule has 0 saturated carbocycles. The van der Waals surface area contributed by atoms with Crippen LogP contribution in [0.25, 0.3) is 0 Å². The number of hydrogen-bond acceptors (Lipinski definition) is 8. The van der Waals surface area contributed by atoms with Crippen LogP contribution in [0.3, 0.4) is 0 Å². The average molecular weight is 329 g/mol. The van der Waals surface area contributed by atoms with Crippen LogP contribution in [0.4, 0.5) is 23.0 Å². The first-order chi connectivity index (χ1) is 10.1. The summed E-state index contributed by atoms with van der Waals surface area (Å²) >= 11 is 11.6. The smallest absolute Gasteiger partial charge is 0.157 e. The Balaban J connectivity index is 1.78. The molecule has 0 fully saturated rings. The van der Waals surface area contributed by atoms with E-state index in [-0.39, 0.29) is 10.3 Å². The van der Waals surface area contributed by atoms with Crippen molar-refractivity contribution in [3.8, 4) is 0 Å². The highest BCUT2D eigenvalue weighted by atomic mass is 35.5. The van der Waals surface area contributed by atoms with Crippen molar-refractivity contribution in [1.29, 1.82) is 0 Å². The van der Waals surface area contributed by atoms with Gasteiger partial charge in [0.15, 0.2) is 21.9 Å². The van der Waals surface area contributed by atoms with Crippen molar-refractivity contribution < 1.29 is 0 Å². The van der Waals surface area contributed by atoms with Crippen molar-refractivity contribution in [1.82, 2.24) is 19.9 Å². The summed E-state index contributed by atoms with van der Waals surface area (Å²) in [6.45, 7) is 1.28. The van der Waals surface area contributed by atoms with Gasteiger partial charge in [-0.3, -0.25) is 0 Å². The van der Waals surface area contributed by atoms with E-state index >= 15 is 0 Å². The van der Waals surface area contributed by atoms with Crippen molar-refractivity contribution in [2.45, 2.75) is 6.42 Å². The second-order valence-electron chi connectivity index (χ2n) is 4.06. The van der Waals surface area contributed by atoms with Crippen LogP contribution < -0.4 is 22.1 Å². The maximum Gasteiger partial charge on any atom is 0.157 e. The monoisotopic (exact) mass is 328 g/mol. The molecule has 10 heteroatoms. The lowest BCUT2D eigenvalue weighted by Crippen LogP contribution is -2.13. The molecule has 0 saturated heterocycles. The van der Waals surface area contributed by atoms with E-state index in [0.29, 0.717) is 36.1 Å². The van der Waals surface area contributed by atoms with E-state index in [1.54, 1.807) is 0 Å². The van der Waals surface area contributed by atoms with Crippen molar-refractivity contribution in [3.05, 3.63) is 23.0 Å². The van der Waals surface area contributed by atoms with Gasteiger partial charge in [-0.15, -0.1) is 0 Å². The number of nitrogens with two attached hydrogens (primary N) is 2. The fraction of sp³-hybridized carbons (Fsp3) is 0.273. The van der Waals surface area contributed by atoms with Gasteiger partial charge in [-0.25, -0.2) is 19.9 Å². The second kappa shape index (κ2) is 7.09. The van der Waals surface area contributed by atoms with Gasteiger partial charge in [0.25, 0.3) is 0 Å². The first-order valence-corrected chi connectivity index (χ1v) is 6.85. The molecule has 0 radical (unpaired) electrons. The molecule has 0 spiro atoms. The van der Waals surface area contributed by atoms with E-state index in [2.05, 4.69) is 30.6 Å². The van der Waals surface area contributed by atoms with Crippen LogP contribution in [-0.4, -0.2) is 33.0 Å². The molecule has 6 N–H and O–H groups in total. The molecule has 112 valence electrons. The Morgan fingerprint density at radius 3 is 1.67 bits per heavy atom. The Hall–Kier alpha value is -2.06. The number of halogens is 2. The van der Waals surface area contributed by atoms with Gasteiger partial charge < -0.3 is 22.1 Å². The summed E-state index contributed by atoms with van der Waals surface area (Å²) in [4.78, 5) is 15.6. The van der Waals surface area contributed by atoms with Crippen molar-refractivity contribution in [3.63, 3.8) is 0 Å². The van der Waals surface area contributed by atoms with Gasteiger partial charge in [-0.1, -0.05) is 23.2 Å². The minimum Gasteiger partial charge on any atom is -0.393 e. The van der Waals surface area contributed by atoms with E-state index in [9.17, 15) is 0 Å². The van der Waals surface area contributed by atoms with E-state index in [1.807, 2.05) is 0 Å². The molecule has 2 aromatic rings. The molecule has 0 aromatic carbocycles. The number of nitrogen functional groups attached to an aromatic ring is 2. The maximum atomic E-state index is 5.80. The molecular weight excluding hydrogens is 315 g/mol. The molecule has 0 unspecified atom stereocenters. The zero-order valence-corrected chi connectivity index (χ0v) is 12.5. The third kappa shape index (κ3) is 3.96. The zero-order valence-electron chi connectivity index (χ0n) is 11.0. The van der Waals surface area contributed by atoms with E-state index < -0.39 is 0 Å². The lowest BCUT2D eigenvalue weighted by atomic mass is 10.4. The van der Waals surface area contributed by atoms with Crippen LogP contribution in [0, 0.1) is 0 Å². The molecule has 0 aliphatic heterocycles. The summed E-state index contributed by atoms with van der Waals surface area (Å²) in [5.41, 5.74) is 12.1. The Morgan fingerprint density at radius 1 is 0.810 bits per heavy atom. The molecule has 0 aliphatic rings. The van der Waals surface area contributed by atoms with Gasteiger partial charge in [-0.05, 0) is 6.42 Å². The first kappa shape index (κ1) is 15.3. The van der Waals surface area contributed by atoms with Crippen LogP contribution in [0.5, 0.6) is 0 Å². The molecule has 8 nitrogen and oxygen atoms in total. The van der Waals surface area contributed by atoms with E-state index in [4.69, 9.17) is 34.7 Å². The standard InChI is InChI=1S/C11H14Cl2N8/c12-8-6(14)10(20-4-18-8)16-2-1-3-17-11-7(15)9(13)19-5-21-11/h4-5H,1-3,14-15H2,(H,16,18,20)(H,17,19,21). The van der Waals surface area contributed by atoms with Gasteiger partial charge in [0.2, 0.25) is 0 Å². The van der Waals surface area contributed by atoms with Gasteiger partial charge in [0.05, 0.1) is 0 Å². The van der Waals surface area contributed by atoms with Crippen LogP contribution >= 0.6 is 23.2 Å². The fourth-order valence-electron chi connectivity index (χ4n) is 1.53. The number of nitrogens with zero attached hydrogens (tertiary/aromatic N) is 4. The van der Waals surface area contributed by atoms with Gasteiger partial charge in [-0.2, -0.15) is 0 Å². The highest BCUT2D eigenvalue weighted by Crippen LogP contribution is 2.22. The molecule has 2 rings (SSSR count). The lowest BCUT2D eigenvalue weighted by Gasteiger charge is -2.10. The number of aromatic nitrogens is 4. The molecule has 0 amide bonds. The number of anilines is 4. The topological polar surface area (TPSA) is 128 Å². The van der Waals surface area contributed by atoms with Gasteiger partial charge in [0.1, 0.15) is 24.0 Å². The molecular formula is C11H14Cl2N8. The maximum absolute atomic E-state index is 5.80. The fourth-order valence-corrected chi connectivity index (χ4v) is 1.80. The predicted molar refractivity (Wildman–Crippen MR) is 84.5 cm³/mol. The normalized spacial score (nSPS) is 10.4. The summed E-state index contributed by atoms with van der Waals surface area (Å²) < 4.78 is 0. The highest BCUT2D eigenvalue weighted by Gasteiger charge is 2.06. The number of nitrogens with one attached hydrogen (secondary N) is 2. The molecule has 21 heavy (non-hydrogen) atoms. The van der Waals surface area contributed by atoms with Crippen molar-refractivity contribution in [2.75, 3.05) is 35.2 Å². The molecule has 0 bridgehead atoms. The highest BCUT2D eigenvalue weighted by molar-refractivity contribution is 6.32. The SMILES string of the molecule is Nc1c(Cl)ncnc1NCCCNc1ncnc(Cl)c1N. The predicted octanol–water partition coefficient (Wildman–Crippen LogP) is 1.65. The minimum absolute atomic E-state index is 0.231. The Labute approximate surface area is 131 Å². The molecule has 0 atom stereocenters. The third-order valence-corrected chi connectivity index (χ3v) is 3.21. The van der Waals surface area contributed by atoms with E-state index in [1.165, 1.54) is 12.7 Å². The molecule has 0 aliphatic carbocycles.